The van der Waals surface area contributed by atoms with Crippen LogP contribution in [0.5, 0.6) is 11.5 Å². The van der Waals surface area contributed by atoms with Gasteiger partial charge in [0.2, 0.25) is 0 Å². The summed E-state index contributed by atoms with van der Waals surface area (Å²) in [7, 11) is 1.50. The third kappa shape index (κ3) is 3.99. The summed E-state index contributed by atoms with van der Waals surface area (Å²) in [6.45, 7) is 1.98. The van der Waals surface area contributed by atoms with Crippen LogP contribution in [-0.4, -0.2) is 25.5 Å². The molecule has 26 heavy (non-hydrogen) atoms. The summed E-state index contributed by atoms with van der Waals surface area (Å²) in [4.78, 5) is 25.0. The second kappa shape index (κ2) is 7.78. The van der Waals surface area contributed by atoms with Gasteiger partial charge in [0.05, 0.1) is 12.7 Å². The highest BCUT2D eigenvalue weighted by atomic mass is 32.1. The lowest BCUT2D eigenvalue weighted by molar-refractivity contribution is -0.119. The van der Waals surface area contributed by atoms with Gasteiger partial charge in [-0.3, -0.25) is 9.59 Å². The Kier molecular flexibility index (Phi) is 5.46. The highest BCUT2D eigenvalue weighted by Crippen LogP contribution is 2.34. The van der Waals surface area contributed by atoms with Crippen molar-refractivity contribution in [2.24, 2.45) is 11.7 Å². The SMILES string of the molecule is COc1ccc(NC(=O)c2csc3c2CCC(C)C3)cc1OCC(N)=O. The van der Waals surface area contributed by atoms with Crippen LogP contribution < -0.4 is 20.5 Å². The molecular weight excluding hydrogens is 352 g/mol. The van der Waals surface area contributed by atoms with Crippen molar-refractivity contribution in [1.29, 1.82) is 0 Å². The molecule has 6 nitrogen and oxygen atoms in total. The highest BCUT2D eigenvalue weighted by molar-refractivity contribution is 7.10. The lowest BCUT2D eigenvalue weighted by atomic mass is 9.88. The molecule has 1 atom stereocenters. The first kappa shape index (κ1) is 18.3. The molecule has 1 aliphatic carbocycles. The molecule has 7 heteroatoms. The normalized spacial score (nSPS) is 15.8. The third-order valence-corrected chi connectivity index (χ3v) is 5.49. The summed E-state index contributed by atoms with van der Waals surface area (Å²) in [5.74, 6) is 0.767. The van der Waals surface area contributed by atoms with Crippen molar-refractivity contribution in [3.05, 3.63) is 39.6 Å². The van der Waals surface area contributed by atoms with Gasteiger partial charge in [-0.1, -0.05) is 6.92 Å². The van der Waals surface area contributed by atoms with Crippen LogP contribution in [0.3, 0.4) is 0 Å². The van der Waals surface area contributed by atoms with Crippen LogP contribution >= 0.6 is 11.3 Å². The average molecular weight is 374 g/mol. The number of ether oxygens (including phenoxy) is 2. The molecule has 1 unspecified atom stereocenters. The zero-order chi connectivity index (χ0) is 18.7. The second-order valence-corrected chi connectivity index (χ2v) is 7.44. The van der Waals surface area contributed by atoms with E-state index in [-0.39, 0.29) is 12.5 Å². The molecule has 0 saturated carbocycles. The first-order chi connectivity index (χ1) is 12.5. The highest BCUT2D eigenvalue weighted by Gasteiger charge is 2.23. The van der Waals surface area contributed by atoms with E-state index in [1.165, 1.54) is 17.6 Å². The molecule has 1 aliphatic rings. The van der Waals surface area contributed by atoms with Crippen molar-refractivity contribution in [1.82, 2.24) is 0 Å². The van der Waals surface area contributed by atoms with Crippen LogP contribution in [0.1, 0.15) is 34.1 Å². The number of benzene rings is 1. The lowest BCUT2D eigenvalue weighted by Gasteiger charge is -2.19. The molecule has 3 rings (SSSR count). The van der Waals surface area contributed by atoms with Gasteiger partial charge in [0, 0.05) is 22.0 Å². The Hall–Kier alpha value is -2.54. The lowest BCUT2D eigenvalue weighted by Crippen LogP contribution is -2.20. The van der Waals surface area contributed by atoms with Crippen molar-refractivity contribution < 1.29 is 19.1 Å². The predicted molar refractivity (Wildman–Crippen MR) is 101 cm³/mol. The molecule has 0 fully saturated rings. The maximum atomic E-state index is 12.7. The van der Waals surface area contributed by atoms with Crippen molar-refractivity contribution >= 4 is 28.8 Å². The molecule has 0 radical (unpaired) electrons. The molecule has 2 amide bonds. The molecule has 0 bridgehead atoms. The molecule has 1 heterocycles. The quantitative estimate of drug-likeness (QED) is 0.813. The maximum Gasteiger partial charge on any atom is 0.256 e. The molecule has 0 saturated heterocycles. The van der Waals surface area contributed by atoms with Crippen LogP contribution in [0.25, 0.3) is 0 Å². The minimum atomic E-state index is -0.583. The fourth-order valence-electron chi connectivity index (χ4n) is 3.08. The Morgan fingerprint density at radius 1 is 1.35 bits per heavy atom. The van der Waals surface area contributed by atoms with E-state index in [0.717, 1.165) is 24.8 Å². The van der Waals surface area contributed by atoms with Crippen molar-refractivity contribution in [2.75, 3.05) is 19.0 Å². The summed E-state index contributed by atoms with van der Waals surface area (Å²) >= 11 is 1.66. The molecule has 1 aromatic heterocycles. The molecule has 3 N–H and O–H groups in total. The Labute approximate surface area is 156 Å². The predicted octanol–water partition coefficient (Wildman–Crippen LogP) is 3.00. The van der Waals surface area contributed by atoms with E-state index in [4.69, 9.17) is 15.2 Å². The van der Waals surface area contributed by atoms with E-state index in [0.29, 0.717) is 23.1 Å². The summed E-state index contributed by atoms with van der Waals surface area (Å²) in [5.41, 5.74) is 7.60. The Balaban J connectivity index is 1.77. The maximum absolute atomic E-state index is 12.7. The van der Waals surface area contributed by atoms with Crippen LogP contribution in [0, 0.1) is 5.92 Å². The molecular formula is C19H22N2O4S. The summed E-state index contributed by atoms with van der Waals surface area (Å²) in [6.07, 6.45) is 3.09. The number of hydrogen-bond donors (Lipinski definition) is 2. The van der Waals surface area contributed by atoms with Crippen molar-refractivity contribution in [3.8, 4) is 11.5 Å². The summed E-state index contributed by atoms with van der Waals surface area (Å²) in [5, 5.41) is 4.84. The van der Waals surface area contributed by atoms with Crippen LogP contribution in [-0.2, 0) is 17.6 Å². The van der Waals surface area contributed by atoms with Gasteiger partial charge in [-0.25, -0.2) is 0 Å². The van der Waals surface area contributed by atoms with Gasteiger partial charge >= 0.3 is 0 Å². The fraction of sp³-hybridized carbons (Fsp3) is 0.368. The second-order valence-electron chi connectivity index (χ2n) is 6.47. The number of nitrogens with one attached hydrogen (secondary N) is 1. The summed E-state index contributed by atoms with van der Waals surface area (Å²) in [6, 6.07) is 5.03. The monoisotopic (exact) mass is 374 g/mol. The van der Waals surface area contributed by atoms with Crippen LogP contribution in [0.15, 0.2) is 23.6 Å². The molecule has 0 aliphatic heterocycles. The Bertz CT molecular complexity index is 831. The van der Waals surface area contributed by atoms with Gasteiger partial charge in [-0.05, 0) is 42.9 Å². The van der Waals surface area contributed by atoms with E-state index < -0.39 is 5.91 Å². The number of anilines is 1. The first-order valence-corrected chi connectivity index (χ1v) is 9.35. The Morgan fingerprint density at radius 2 is 2.15 bits per heavy atom. The first-order valence-electron chi connectivity index (χ1n) is 8.47. The van der Waals surface area contributed by atoms with Gasteiger partial charge in [0.1, 0.15) is 0 Å². The number of carbonyl (C=O) groups is 2. The molecule has 138 valence electrons. The minimum absolute atomic E-state index is 0.136. The zero-order valence-corrected chi connectivity index (χ0v) is 15.7. The van der Waals surface area contributed by atoms with E-state index in [1.807, 2.05) is 5.38 Å². The van der Waals surface area contributed by atoms with Crippen LogP contribution in [0.2, 0.25) is 0 Å². The Morgan fingerprint density at radius 3 is 2.88 bits per heavy atom. The van der Waals surface area contributed by atoms with E-state index in [1.54, 1.807) is 29.5 Å². The third-order valence-electron chi connectivity index (χ3n) is 4.44. The summed E-state index contributed by atoms with van der Waals surface area (Å²) < 4.78 is 10.6. The number of fused-ring (bicyclic) bond motifs is 1. The smallest absolute Gasteiger partial charge is 0.256 e. The molecule has 1 aromatic carbocycles. The number of methoxy groups -OCH3 is 1. The number of primary amides is 1. The number of carbonyl (C=O) groups excluding carboxylic acids is 2. The number of amides is 2. The van der Waals surface area contributed by atoms with Gasteiger partial charge < -0.3 is 20.5 Å². The standard InChI is InChI=1S/C19H22N2O4S/c1-11-3-5-13-14(10-26-17(13)7-11)19(23)21-12-4-6-15(24-2)16(8-12)25-9-18(20)22/h4,6,8,10-11H,3,5,7,9H2,1-2H3,(H2,20,22)(H,21,23). The van der Waals surface area contributed by atoms with Crippen molar-refractivity contribution in [3.63, 3.8) is 0 Å². The van der Waals surface area contributed by atoms with Gasteiger partial charge in [0.25, 0.3) is 11.8 Å². The van der Waals surface area contributed by atoms with E-state index >= 15 is 0 Å². The van der Waals surface area contributed by atoms with E-state index in [2.05, 4.69) is 12.2 Å². The topological polar surface area (TPSA) is 90.7 Å². The van der Waals surface area contributed by atoms with E-state index in [9.17, 15) is 9.59 Å². The molecule has 2 aromatic rings. The van der Waals surface area contributed by atoms with Gasteiger partial charge in [0.15, 0.2) is 18.1 Å². The van der Waals surface area contributed by atoms with Gasteiger partial charge in [-0.2, -0.15) is 0 Å². The van der Waals surface area contributed by atoms with Gasteiger partial charge in [-0.15, -0.1) is 11.3 Å². The molecule has 0 spiro atoms. The fourth-order valence-corrected chi connectivity index (χ4v) is 4.33. The number of rotatable bonds is 6. The van der Waals surface area contributed by atoms with Crippen LogP contribution in [0.4, 0.5) is 5.69 Å². The largest absolute Gasteiger partial charge is 0.493 e. The zero-order valence-electron chi connectivity index (χ0n) is 14.8. The number of thiophene rings is 1. The number of nitrogens with two attached hydrogens (primary N) is 1. The van der Waals surface area contributed by atoms with Crippen molar-refractivity contribution in [2.45, 2.75) is 26.2 Å². The minimum Gasteiger partial charge on any atom is -0.493 e. The number of hydrogen-bond acceptors (Lipinski definition) is 5. The average Bonchev–Trinajstić information content (AvgIpc) is 3.03.